The Bertz CT molecular complexity index is 503. The van der Waals surface area contributed by atoms with Crippen LogP contribution in [-0.2, 0) is 28.6 Å². The largest absolute Gasteiger partial charge is 0.523 e. The standard InChI is InChI=1S/C12H19F3O6S/c1-6-7(2)11(21-22(17,18)12(13,14)15)8(3)20-10(6)5-19-9(4)16/h6-8,10-11H,5H2,1-4H3. The summed E-state index contributed by atoms with van der Waals surface area (Å²) in [6.07, 6.45) is -2.71. The van der Waals surface area contributed by atoms with Crippen molar-refractivity contribution in [2.75, 3.05) is 6.61 Å². The third kappa shape index (κ3) is 4.32. The van der Waals surface area contributed by atoms with Gasteiger partial charge < -0.3 is 9.47 Å². The molecular weight excluding hydrogens is 329 g/mol. The summed E-state index contributed by atoms with van der Waals surface area (Å²) in [5.41, 5.74) is -5.48. The van der Waals surface area contributed by atoms with Crippen molar-refractivity contribution < 1.29 is 40.0 Å². The lowest BCUT2D eigenvalue weighted by molar-refractivity contribution is -0.178. The van der Waals surface area contributed by atoms with E-state index in [2.05, 4.69) is 4.18 Å². The quantitative estimate of drug-likeness (QED) is 0.438. The summed E-state index contributed by atoms with van der Waals surface area (Å²) in [4.78, 5) is 10.8. The van der Waals surface area contributed by atoms with Gasteiger partial charge in [-0.25, -0.2) is 0 Å². The smallest absolute Gasteiger partial charge is 0.463 e. The fraction of sp³-hybridized carbons (Fsp3) is 0.917. The van der Waals surface area contributed by atoms with Crippen LogP contribution in [0.2, 0.25) is 0 Å². The van der Waals surface area contributed by atoms with Gasteiger partial charge in [-0.3, -0.25) is 8.98 Å². The topological polar surface area (TPSA) is 78.9 Å². The molecule has 1 fully saturated rings. The van der Waals surface area contributed by atoms with Gasteiger partial charge in [0.1, 0.15) is 12.7 Å². The highest BCUT2D eigenvalue weighted by molar-refractivity contribution is 7.87. The van der Waals surface area contributed by atoms with E-state index < -0.39 is 45.8 Å². The lowest BCUT2D eigenvalue weighted by Gasteiger charge is -2.42. The molecule has 22 heavy (non-hydrogen) atoms. The normalized spacial score (nSPS) is 33.5. The number of carbonyl (C=O) groups excluding carboxylic acids is 1. The van der Waals surface area contributed by atoms with Gasteiger partial charge in [-0.05, 0) is 18.8 Å². The summed E-state index contributed by atoms with van der Waals surface area (Å²) in [6.45, 7) is 5.83. The highest BCUT2D eigenvalue weighted by Gasteiger charge is 2.52. The summed E-state index contributed by atoms with van der Waals surface area (Å²) in [6, 6.07) is 0. The van der Waals surface area contributed by atoms with Crippen LogP contribution < -0.4 is 0 Å². The highest BCUT2D eigenvalue weighted by atomic mass is 32.2. The Balaban J connectivity index is 2.83. The summed E-state index contributed by atoms with van der Waals surface area (Å²) < 4.78 is 74.1. The van der Waals surface area contributed by atoms with Crippen LogP contribution in [-0.4, -0.2) is 44.8 Å². The van der Waals surface area contributed by atoms with Crippen LogP contribution in [0, 0.1) is 11.8 Å². The molecule has 0 N–H and O–H groups in total. The number of esters is 1. The molecule has 0 saturated carbocycles. The minimum atomic E-state index is -5.70. The molecule has 1 aliphatic heterocycles. The van der Waals surface area contributed by atoms with Gasteiger partial charge in [0, 0.05) is 6.92 Å². The molecular formula is C12H19F3O6S. The molecule has 0 radical (unpaired) electrons. The lowest BCUT2D eigenvalue weighted by atomic mass is 9.82. The number of carbonyl (C=O) groups is 1. The van der Waals surface area contributed by atoms with Gasteiger partial charge in [-0.15, -0.1) is 0 Å². The van der Waals surface area contributed by atoms with E-state index in [1.165, 1.54) is 13.8 Å². The van der Waals surface area contributed by atoms with Crippen molar-refractivity contribution in [2.45, 2.75) is 51.5 Å². The zero-order valence-electron chi connectivity index (χ0n) is 12.6. The molecule has 1 rings (SSSR count). The Morgan fingerprint density at radius 1 is 1.18 bits per heavy atom. The van der Waals surface area contributed by atoms with E-state index in [-0.39, 0.29) is 12.5 Å². The van der Waals surface area contributed by atoms with Gasteiger partial charge in [0.2, 0.25) is 0 Å². The second-order valence-electron chi connectivity index (χ2n) is 5.36. The molecule has 1 saturated heterocycles. The van der Waals surface area contributed by atoms with Crippen molar-refractivity contribution in [3.8, 4) is 0 Å². The second-order valence-corrected chi connectivity index (χ2v) is 6.92. The number of hydrogen-bond donors (Lipinski definition) is 0. The molecule has 10 heteroatoms. The Labute approximate surface area is 127 Å². The lowest BCUT2D eigenvalue weighted by Crippen LogP contribution is -2.52. The maximum atomic E-state index is 12.4. The molecule has 0 spiro atoms. The van der Waals surface area contributed by atoms with Crippen molar-refractivity contribution in [2.24, 2.45) is 11.8 Å². The zero-order chi connectivity index (χ0) is 17.3. The predicted octanol–water partition coefficient (Wildman–Crippen LogP) is 1.84. The molecule has 0 aromatic carbocycles. The van der Waals surface area contributed by atoms with Gasteiger partial charge in [0.05, 0.1) is 12.2 Å². The predicted molar refractivity (Wildman–Crippen MR) is 69.1 cm³/mol. The first-order valence-electron chi connectivity index (χ1n) is 6.65. The molecule has 0 bridgehead atoms. The molecule has 130 valence electrons. The minimum Gasteiger partial charge on any atom is -0.463 e. The van der Waals surface area contributed by atoms with Crippen LogP contribution in [0.5, 0.6) is 0 Å². The highest BCUT2D eigenvalue weighted by Crippen LogP contribution is 2.36. The maximum absolute atomic E-state index is 12.4. The zero-order valence-corrected chi connectivity index (χ0v) is 13.4. The Kier molecular flexibility index (Phi) is 5.85. The fourth-order valence-corrected chi connectivity index (χ4v) is 3.03. The van der Waals surface area contributed by atoms with Crippen LogP contribution in [0.1, 0.15) is 27.7 Å². The Hall–Kier alpha value is -0.870. The minimum absolute atomic E-state index is 0.0517. The van der Waals surface area contributed by atoms with Crippen molar-refractivity contribution in [1.82, 2.24) is 0 Å². The number of alkyl halides is 3. The van der Waals surface area contributed by atoms with Crippen LogP contribution in [0.15, 0.2) is 0 Å². The van der Waals surface area contributed by atoms with Crippen molar-refractivity contribution >= 4 is 16.1 Å². The third-order valence-electron chi connectivity index (χ3n) is 3.76. The molecule has 6 nitrogen and oxygen atoms in total. The SMILES string of the molecule is CC(=O)OCC1OC(C)C(OS(=O)(=O)C(F)(F)F)C(C)C1C. The maximum Gasteiger partial charge on any atom is 0.523 e. The average Bonchev–Trinajstić information content (AvgIpc) is 2.35. The number of hydrogen-bond acceptors (Lipinski definition) is 6. The van der Waals surface area contributed by atoms with E-state index in [0.717, 1.165) is 0 Å². The molecule has 1 heterocycles. The van der Waals surface area contributed by atoms with Crippen LogP contribution >= 0.6 is 0 Å². The molecule has 0 aromatic heterocycles. The van der Waals surface area contributed by atoms with E-state index in [1.807, 2.05) is 0 Å². The molecule has 1 aliphatic rings. The van der Waals surface area contributed by atoms with Gasteiger partial charge in [-0.1, -0.05) is 13.8 Å². The number of halogens is 3. The van der Waals surface area contributed by atoms with Crippen molar-refractivity contribution in [3.63, 3.8) is 0 Å². The van der Waals surface area contributed by atoms with E-state index in [4.69, 9.17) is 9.47 Å². The van der Waals surface area contributed by atoms with Crippen molar-refractivity contribution in [1.29, 1.82) is 0 Å². The van der Waals surface area contributed by atoms with E-state index in [1.54, 1.807) is 13.8 Å². The summed E-state index contributed by atoms with van der Waals surface area (Å²) in [7, 11) is -5.70. The summed E-state index contributed by atoms with van der Waals surface area (Å²) >= 11 is 0. The van der Waals surface area contributed by atoms with Crippen molar-refractivity contribution in [3.05, 3.63) is 0 Å². The van der Waals surface area contributed by atoms with E-state index >= 15 is 0 Å². The fourth-order valence-electron chi connectivity index (χ4n) is 2.30. The second kappa shape index (κ2) is 6.71. The first kappa shape index (κ1) is 19.2. The average molecular weight is 348 g/mol. The van der Waals surface area contributed by atoms with Gasteiger partial charge in [-0.2, -0.15) is 21.6 Å². The van der Waals surface area contributed by atoms with Crippen LogP contribution in [0.4, 0.5) is 13.2 Å². The van der Waals surface area contributed by atoms with Gasteiger partial charge in [0.25, 0.3) is 0 Å². The summed E-state index contributed by atoms with van der Waals surface area (Å²) in [5.74, 6) is -1.40. The summed E-state index contributed by atoms with van der Waals surface area (Å²) in [5, 5.41) is 0. The Morgan fingerprint density at radius 2 is 1.73 bits per heavy atom. The molecule has 0 amide bonds. The third-order valence-corrected chi connectivity index (χ3v) is 4.80. The first-order chi connectivity index (χ1) is 9.86. The van der Waals surface area contributed by atoms with Gasteiger partial charge in [0.15, 0.2) is 0 Å². The number of ether oxygens (including phenoxy) is 2. The molecule has 5 unspecified atom stereocenters. The van der Waals surface area contributed by atoms with Gasteiger partial charge >= 0.3 is 21.6 Å². The molecule has 0 aliphatic carbocycles. The van der Waals surface area contributed by atoms with Crippen LogP contribution in [0.3, 0.4) is 0 Å². The molecule has 5 atom stereocenters. The van der Waals surface area contributed by atoms with Crippen LogP contribution in [0.25, 0.3) is 0 Å². The number of rotatable bonds is 4. The monoisotopic (exact) mass is 348 g/mol. The molecule has 0 aromatic rings. The van der Waals surface area contributed by atoms with E-state index in [9.17, 15) is 26.4 Å². The van der Waals surface area contributed by atoms with E-state index in [0.29, 0.717) is 0 Å². The Morgan fingerprint density at radius 3 is 2.18 bits per heavy atom. The first-order valence-corrected chi connectivity index (χ1v) is 8.06.